The summed E-state index contributed by atoms with van der Waals surface area (Å²) in [6.45, 7) is 4.98. The van der Waals surface area contributed by atoms with E-state index in [1.165, 1.54) is 0 Å². The molecule has 1 aromatic carbocycles. The number of hydrogen-bond donors (Lipinski definition) is 1. The Labute approximate surface area is 116 Å². The molecule has 4 heteroatoms. The summed E-state index contributed by atoms with van der Waals surface area (Å²) in [4.78, 5) is 0. The van der Waals surface area contributed by atoms with Crippen LogP contribution in [0.5, 0.6) is 0 Å². The van der Waals surface area contributed by atoms with Gasteiger partial charge in [-0.15, -0.1) is 0 Å². The molecule has 0 fully saturated rings. The second-order valence-electron chi connectivity index (χ2n) is 4.02. The van der Waals surface area contributed by atoms with Crippen LogP contribution in [0.4, 0.5) is 4.39 Å². The minimum Gasteiger partial charge on any atom is -0.310 e. The molecule has 0 aliphatic heterocycles. The van der Waals surface area contributed by atoms with E-state index in [1.54, 1.807) is 12.1 Å². The van der Waals surface area contributed by atoms with E-state index in [0.717, 1.165) is 25.8 Å². The molecule has 1 aromatic rings. The molecule has 1 unspecified atom stereocenters. The lowest BCUT2D eigenvalue weighted by Gasteiger charge is -2.19. The van der Waals surface area contributed by atoms with Crippen LogP contribution in [0.25, 0.3) is 0 Å². The van der Waals surface area contributed by atoms with Crippen molar-refractivity contribution in [2.75, 3.05) is 6.54 Å². The molecule has 0 amide bonds. The van der Waals surface area contributed by atoms with Crippen LogP contribution in [0.15, 0.2) is 16.6 Å². The summed E-state index contributed by atoms with van der Waals surface area (Å²) in [6.07, 6.45) is 3.11. The summed E-state index contributed by atoms with van der Waals surface area (Å²) in [5.41, 5.74) is 0.661. The van der Waals surface area contributed by atoms with Crippen LogP contribution >= 0.6 is 27.5 Å². The first-order chi connectivity index (χ1) is 8.11. The predicted octanol–water partition coefficient (Wildman–Crippen LogP) is 5.08. The molecule has 0 saturated heterocycles. The number of benzene rings is 1. The number of hydrogen-bond acceptors (Lipinski definition) is 1. The van der Waals surface area contributed by atoms with Crippen molar-refractivity contribution >= 4 is 27.5 Å². The van der Waals surface area contributed by atoms with Gasteiger partial charge in [-0.05, 0) is 35.0 Å². The second kappa shape index (κ2) is 7.34. The Morgan fingerprint density at radius 1 is 1.41 bits per heavy atom. The molecule has 0 heterocycles. The molecule has 0 aromatic heterocycles. The molecule has 0 aliphatic rings. The summed E-state index contributed by atoms with van der Waals surface area (Å²) in [5, 5.41) is 3.48. The molecule has 17 heavy (non-hydrogen) atoms. The highest BCUT2D eigenvalue weighted by molar-refractivity contribution is 9.10. The maximum absolute atomic E-state index is 14.1. The van der Waals surface area contributed by atoms with Crippen LogP contribution in [-0.4, -0.2) is 6.54 Å². The highest BCUT2D eigenvalue weighted by atomic mass is 79.9. The van der Waals surface area contributed by atoms with Crippen LogP contribution in [-0.2, 0) is 0 Å². The van der Waals surface area contributed by atoms with Gasteiger partial charge < -0.3 is 5.32 Å². The Morgan fingerprint density at radius 2 is 2.12 bits per heavy atom. The predicted molar refractivity (Wildman–Crippen MR) is 75.1 cm³/mol. The molecule has 1 rings (SSSR count). The number of halogens is 3. The van der Waals surface area contributed by atoms with E-state index < -0.39 is 0 Å². The van der Waals surface area contributed by atoms with Crippen molar-refractivity contribution in [3.63, 3.8) is 0 Å². The van der Waals surface area contributed by atoms with Crippen molar-refractivity contribution in [3.8, 4) is 0 Å². The van der Waals surface area contributed by atoms with Crippen LogP contribution in [0.2, 0.25) is 5.02 Å². The van der Waals surface area contributed by atoms with E-state index in [1.807, 2.05) is 6.92 Å². The molecule has 0 radical (unpaired) electrons. The minimum atomic E-state index is -0.317. The van der Waals surface area contributed by atoms with Gasteiger partial charge in [-0.2, -0.15) is 0 Å². The largest absolute Gasteiger partial charge is 0.310 e. The Morgan fingerprint density at radius 3 is 2.71 bits per heavy atom. The Kier molecular flexibility index (Phi) is 6.45. The highest BCUT2D eigenvalue weighted by Gasteiger charge is 2.17. The summed E-state index contributed by atoms with van der Waals surface area (Å²) in [7, 11) is 0. The third kappa shape index (κ3) is 3.94. The average Bonchev–Trinajstić information content (AvgIpc) is 2.32. The molecular weight excluding hydrogens is 305 g/mol. The lowest BCUT2D eigenvalue weighted by molar-refractivity contribution is 0.470. The molecule has 1 nitrogen and oxygen atoms in total. The third-order valence-electron chi connectivity index (χ3n) is 2.74. The molecule has 0 saturated carbocycles. The summed E-state index contributed by atoms with van der Waals surface area (Å²) in [5.74, 6) is -0.317. The quantitative estimate of drug-likeness (QED) is 0.720. The standard InChI is InChI=1S/C13H18BrClFN/c1-3-5-6-11(17-4-2)9-7-8-10(14)12(15)13(9)16/h7-8,11,17H,3-6H2,1-2H3. The lowest BCUT2D eigenvalue weighted by atomic mass is 10.0. The molecule has 1 atom stereocenters. The van der Waals surface area contributed by atoms with Crippen LogP contribution in [0.1, 0.15) is 44.7 Å². The Balaban J connectivity index is 2.97. The first-order valence-corrected chi connectivity index (χ1v) is 7.15. The van der Waals surface area contributed by atoms with Gasteiger partial charge in [-0.25, -0.2) is 4.39 Å². The smallest absolute Gasteiger partial charge is 0.147 e. The van der Waals surface area contributed by atoms with Gasteiger partial charge in [0.25, 0.3) is 0 Å². The first-order valence-electron chi connectivity index (χ1n) is 5.98. The molecular formula is C13H18BrClFN. The normalized spacial score (nSPS) is 12.8. The molecule has 1 N–H and O–H groups in total. The third-order valence-corrected chi connectivity index (χ3v) is 4.00. The van der Waals surface area contributed by atoms with Crippen molar-refractivity contribution in [1.82, 2.24) is 5.32 Å². The lowest BCUT2D eigenvalue weighted by Crippen LogP contribution is -2.22. The van der Waals surface area contributed by atoms with Gasteiger partial charge in [0.1, 0.15) is 5.82 Å². The zero-order valence-corrected chi connectivity index (χ0v) is 12.5. The van der Waals surface area contributed by atoms with Gasteiger partial charge in [0.15, 0.2) is 0 Å². The van der Waals surface area contributed by atoms with Gasteiger partial charge in [0.2, 0.25) is 0 Å². The topological polar surface area (TPSA) is 12.0 Å². The van der Waals surface area contributed by atoms with E-state index in [2.05, 4.69) is 28.2 Å². The van der Waals surface area contributed by atoms with Crippen molar-refractivity contribution in [3.05, 3.63) is 33.0 Å². The maximum Gasteiger partial charge on any atom is 0.147 e. The van der Waals surface area contributed by atoms with Crippen LogP contribution in [0.3, 0.4) is 0 Å². The molecule has 0 bridgehead atoms. The highest BCUT2D eigenvalue weighted by Crippen LogP contribution is 2.32. The number of rotatable bonds is 6. The van der Waals surface area contributed by atoms with Gasteiger partial charge in [-0.1, -0.05) is 44.4 Å². The van der Waals surface area contributed by atoms with Gasteiger partial charge >= 0.3 is 0 Å². The second-order valence-corrected chi connectivity index (χ2v) is 5.25. The van der Waals surface area contributed by atoms with Crippen LogP contribution < -0.4 is 5.32 Å². The van der Waals surface area contributed by atoms with E-state index in [0.29, 0.717) is 10.0 Å². The number of nitrogens with one attached hydrogen (secondary N) is 1. The zero-order chi connectivity index (χ0) is 12.8. The van der Waals surface area contributed by atoms with E-state index >= 15 is 0 Å². The Hall–Kier alpha value is -0.120. The fourth-order valence-corrected chi connectivity index (χ4v) is 2.31. The number of unbranched alkanes of at least 4 members (excludes halogenated alkanes) is 1. The molecule has 96 valence electrons. The zero-order valence-electron chi connectivity index (χ0n) is 10.2. The molecule has 0 spiro atoms. The van der Waals surface area contributed by atoms with Crippen LogP contribution in [0, 0.1) is 5.82 Å². The Bertz CT molecular complexity index is 371. The summed E-state index contributed by atoms with van der Waals surface area (Å²) in [6, 6.07) is 3.65. The SMILES string of the molecule is CCCCC(NCC)c1ccc(Br)c(Cl)c1F. The van der Waals surface area contributed by atoms with E-state index in [-0.39, 0.29) is 16.9 Å². The van der Waals surface area contributed by atoms with Crippen molar-refractivity contribution in [1.29, 1.82) is 0 Å². The van der Waals surface area contributed by atoms with E-state index in [4.69, 9.17) is 11.6 Å². The minimum absolute atomic E-state index is 0.0468. The van der Waals surface area contributed by atoms with Crippen molar-refractivity contribution < 1.29 is 4.39 Å². The van der Waals surface area contributed by atoms with Crippen molar-refractivity contribution in [2.24, 2.45) is 0 Å². The molecule has 0 aliphatic carbocycles. The van der Waals surface area contributed by atoms with Crippen molar-refractivity contribution in [2.45, 2.75) is 39.2 Å². The maximum atomic E-state index is 14.1. The van der Waals surface area contributed by atoms with Gasteiger partial charge in [0.05, 0.1) is 5.02 Å². The first kappa shape index (κ1) is 14.9. The van der Waals surface area contributed by atoms with Gasteiger partial charge in [0, 0.05) is 16.1 Å². The van der Waals surface area contributed by atoms with E-state index in [9.17, 15) is 4.39 Å². The summed E-state index contributed by atoms with van der Waals surface area (Å²) >= 11 is 9.14. The van der Waals surface area contributed by atoms with Gasteiger partial charge in [-0.3, -0.25) is 0 Å². The fraction of sp³-hybridized carbons (Fsp3) is 0.538. The fourth-order valence-electron chi connectivity index (χ4n) is 1.83. The average molecular weight is 323 g/mol. The summed E-state index contributed by atoms with van der Waals surface area (Å²) < 4.78 is 14.7. The monoisotopic (exact) mass is 321 g/mol.